The topological polar surface area (TPSA) is 21.7 Å². The Hall–Kier alpha value is -1.19. The van der Waals surface area contributed by atoms with E-state index in [-0.39, 0.29) is 0 Å². The quantitative estimate of drug-likeness (QED) is 0.847. The molecule has 0 spiro atoms. The highest BCUT2D eigenvalue weighted by Crippen LogP contribution is 2.37. The van der Waals surface area contributed by atoms with Crippen LogP contribution in [0.25, 0.3) is 0 Å². The van der Waals surface area contributed by atoms with Crippen LogP contribution in [0.2, 0.25) is 0 Å². The molecule has 1 saturated heterocycles. The van der Waals surface area contributed by atoms with Gasteiger partial charge in [-0.15, -0.1) is 0 Å². The van der Waals surface area contributed by atoms with E-state index in [1.807, 2.05) is 12.1 Å². The van der Waals surface area contributed by atoms with Gasteiger partial charge in [-0.05, 0) is 37.1 Å². The Balaban J connectivity index is 1.80. The average Bonchev–Trinajstić information content (AvgIpc) is 2.93. The Kier molecular flexibility index (Phi) is 3.95. The first kappa shape index (κ1) is 12.8. The number of rotatable bonds is 3. The fraction of sp³-hybridized carbons (Fsp3) is 0.467. The van der Waals surface area contributed by atoms with Crippen LogP contribution in [0.1, 0.15) is 24.4 Å². The number of fused-ring (bicyclic) bond motifs is 1. The molecule has 0 saturated carbocycles. The lowest BCUT2D eigenvalue weighted by atomic mass is 10.0. The van der Waals surface area contributed by atoms with E-state index in [9.17, 15) is 0 Å². The third-order valence-electron chi connectivity index (χ3n) is 3.74. The van der Waals surface area contributed by atoms with E-state index < -0.39 is 0 Å². The molecule has 1 fully saturated rings. The third kappa shape index (κ3) is 2.72. The van der Waals surface area contributed by atoms with Crippen molar-refractivity contribution in [2.75, 3.05) is 26.3 Å². The van der Waals surface area contributed by atoms with Crippen LogP contribution in [-0.4, -0.2) is 31.2 Å². The van der Waals surface area contributed by atoms with Crippen molar-refractivity contribution < 1.29 is 9.47 Å². The zero-order valence-electron chi connectivity index (χ0n) is 10.8. The third-order valence-corrected chi connectivity index (χ3v) is 3.92. The summed E-state index contributed by atoms with van der Waals surface area (Å²) in [6.07, 6.45) is 4.42. The maximum Gasteiger partial charge on any atom is 0.161 e. The Morgan fingerprint density at radius 3 is 2.95 bits per heavy atom. The molecule has 2 aliphatic heterocycles. The standard InChI is InChI=1S/C15H18ClNO2/c16-6-2-8-17-7-1-3-13(17)12-4-5-14-15(11-12)19-10-9-18-14/h2,4-6,11,13H,1,3,7-10H2. The molecule has 3 rings (SSSR count). The van der Waals surface area contributed by atoms with Gasteiger partial charge >= 0.3 is 0 Å². The van der Waals surface area contributed by atoms with Crippen LogP contribution in [0.4, 0.5) is 0 Å². The Bertz CT molecular complexity index is 475. The van der Waals surface area contributed by atoms with Crippen molar-refractivity contribution in [3.8, 4) is 11.5 Å². The van der Waals surface area contributed by atoms with E-state index in [1.165, 1.54) is 18.4 Å². The molecule has 0 aromatic heterocycles. The van der Waals surface area contributed by atoms with Crippen molar-refractivity contribution in [3.05, 3.63) is 35.4 Å². The summed E-state index contributed by atoms with van der Waals surface area (Å²) in [5.41, 5.74) is 2.91. The SMILES string of the molecule is ClC=CCN1CCCC1c1ccc2c(c1)OCCO2. The zero-order valence-corrected chi connectivity index (χ0v) is 11.6. The molecule has 0 aliphatic carbocycles. The van der Waals surface area contributed by atoms with Gasteiger partial charge in [-0.25, -0.2) is 0 Å². The molecule has 2 heterocycles. The number of ether oxygens (including phenoxy) is 2. The van der Waals surface area contributed by atoms with Gasteiger partial charge in [-0.1, -0.05) is 23.7 Å². The van der Waals surface area contributed by atoms with Crippen LogP contribution in [0, 0.1) is 0 Å². The van der Waals surface area contributed by atoms with E-state index in [0.29, 0.717) is 19.3 Å². The number of halogens is 1. The number of hydrogen-bond acceptors (Lipinski definition) is 3. The second kappa shape index (κ2) is 5.85. The molecule has 19 heavy (non-hydrogen) atoms. The second-order valence-electron chi connectivity index (χ2n) is 4.92. The first-order chi connectivity index (χ1) is 9.38. The largest absolute Gasteiger partial charge is 0.486 e. The number of hydrogen-bond donors (Lipinski definition) is 0. The molecule has 1 atom stereocenters. The fourth-order valence-corrected chi connectivity index (χ4v) is 2.94. The fourth-order valence-electron chi connectivity index (χ4n) is 2.86. The molecule has 1 aromatic rings. The van der Waals surface area contributed by atoms with Gasteiger partial charge < -0.3 is 9.47 Å². The summed E-state index contributed by atoms with van der Waals surface area (Å²) in [5, 5.41) is 0. The maximum atomic E-state index is 5.66. The van der Waals surface area contributed by atoms with Gasteiger partial charge in [-0.3, -0.25) is 4.90 Å². The zero-order chi connectivity index (χ0) is 13.1. The van der Waals surface area contributed by atoms with Gasteiger partial charge in [0.05, 0.1) is 0 Å². The minimum Gasteiger partial charge on any atom is -0.486 e. The highest BCUT2D eigenvalue weighted by molar-refractivity contribution is 6.25. The molecule has 1 unspecified atom stereocenters. The Morgan fingerprint density at radius 2 is 2.11 bits per heavy atom. The predicted octanol–water partition coefficient (Wildman–Crippen LogP) is 3.35. The van der Waals surface area contributed by atoms with Crippen molar-refractivity contribution in [3.63, 3.8) is 0 Å². The van der Waals surface area contributed by atoms with E-state index in [0.717, 1.165) is 24.6 Å². The number of benzene rings is 1. The van der Waals surface area contributed by atoms with Gasteiger partial charge in [0.1, 0.15) is 13.2 Å². The lowest BCUT2D eigenvalue weighted by Crippen LogP contribution is -2.23. The van der Waals surface area contributed by atoms with Crippen molar-refractivity contribution in [2.45, 2.75) is 18.9 Å². The highest BCUT2D eigenvalue weighted by Gasteiger charge is 2.26. The van der Waals surface area contributed by atoms with E-state index in [1.54, 1.807) is 5.54 Å². The molecular formula is C15H18ClNO2. The summed E-state index contributed by atoms with van der Waals surface area (Å²) < 4.78 is 11.2. The first-order valence-corrected chi connectivity index (χ1v) is 7.21. The first-order valence-electron chi connectivity index (χ1n) is 6.77. The van der Waals surface area contributed by atoms with Crippen LogP contribution in [0.5, 0.6) is 11.5 Å². The summed E-state index contributed by atoms with van der Waals surface area (Å²) >= 11 is 5.62. The van der Waals surface area contributed by atoms with Crippen molar-refractivity contribution in [1.82, 2.24) is 4.90 Å². The molecule has 1 aromatic carbocycles. The van der Waals surface area contributed by atoms with Crippen molar-refractivity contribution >= 4 is 11.6 Å². The summed E-state index contributed by atoms with van der Waals surface area (Å²) in [5.74, 6) is 1.74. The minimum atomic E-state index is 0.462. The summed E-state index contributed by atoms with van der Waals surface area (Å²) in [7, 11) is 0. The monoisotopic (exact) mass is 279 g/mol. The molecule has 4 heteroatoms. The highest BCUT2D eigenvalue weighted by atomic mass is 35.5. The molecule has 102 valence electrons. The summed E-state index contributed by atoms with van der Waals surface area (Å²) in [4.78, 5) is 2.45. The molecular weight excluding hydrogens is 262 g/mol. The summed E-state index contributed by atoms with van der Waals surface area (Å²) in [6, 6.07) is 6.77. The van der Waals surface area contributed by atoms with Gasteiger partial charge in [0, 0.05) is 18.1 Å². The van der Waals surface area contributed by atoms with Crippen molar-refractivity contribution in [2.24, 2.45) is 0 Å². The van der Waals surface area contributed by atoms with Crippen LogP contribution in [0.3, 0.4) is 0 Å². The van der Waals surface area contributed by atoms with Gasteiger partial charge in [0.2, 0.25) is 0 Å². The minimum absolute atomic E-state index is 0.462. The maximum absolute atomic E-state index is 5.66. The van der Waals surface area contributed by atoms with Gasteiger partial charge in [-0.2, -0.15) is 0 Å². The van der Waals surface area contributed by atoms with Gasteiger partial charge in [0.15, 0.2) is 11.5 Å². The Labute approximate surface area is 118 Å². The van der Waals surface area contributed by atoms with Crippen LogP contribution < -0.4 is 9.47 Å². The lowest BCUT2D eigenvalue weighted by Gasteiger charge is -2.25. The Morgan fingerprint density at radius 1 is 1.26 bits per heavy atom. The molecule has 3 nitrogen and oxygen atoms in total. The second-order valence-corrected chi connectivity index (χ2v) is 5.17. The van der Waals surface area contributed by atoms with E-state index in [4.69, 9.17) is 21.1 Å². The average molecular weight is 280 g/mol. The summed E-state index contributed by atoms with van der Waals surface area (Å²) in [6.45, 7) is 3.31. The smallest absolute Gasteiger partial charge is 0.161 e. The number of likely N-dealkylation sites (tertiary alicyclic amines) is 1. The number of nitrogens with zero attached hydrogens (tertiary/aromatic N) is 1. The molecule has 0 amide bonds. The normalized spacial score (nSPS) is 23.1. The van der Waals surface area contributed by atoms with E-state index in [2.05, 4.69) is 17.0 Å². The molecule has 0 bridgehead atoms. The predicted molar refractivity (Wildman–Crippen MR) is 76.0 cm³/mol. The lowest BCUT2D eigenvalue weighted by molar-refractivity contribution is 0.171. The molecule has 0 N–H and O–H groups in total. The van der Waals surface area contributed by atoms with Crippen LogP contribution in [0.15, 0.2) is 29.8 Å². The van der Waals surface area contributed by atoms with Gasteiger partial charge in [0.25, 0.3) is 0 Å². The van der Waals surface area contributed by atoms with Crippen molar-refractivity contribution in [1.29, 1.82) is 0 Å². The van der Waals surface area contributed by atoms with Crippen LogP contribution >= 0.6 is 11.6 Å². The van der Waals surface area contributed by atoms with Crippen LogP contribution in [-0.2, 0) is 0 Å². The molecule has 2 aliphatic rings. The van der Waals surface area contributed by atoms with E-state index >= 15 is 0 Å². The molecule has 0 radical (unpaired) electrons.